The van der Waals surface area contributed by atoms with Gasteiger partial charge in [0, 0.05) is 60.0 Å². The van der Waals surface area contributed by atoms with Gasteiger partial charge in [0.1, 0.15) is 5.75 Å². The van der Waals surface area contributed by atoms with Gasteiger partial charge in [-0.15, -0.1) is 0 Å². The SMILES string of the molecule is C.C.C.COc1cncc(Br)c1.FC1(F)CCN(Cc2cncc(Br)c2)C1.FC1(F)CCNC1. The van der Waals surface area contributed by atoms with E-state index in [1.165, 1.54) is 0 Å². The summed E-state index contributed by atoms with van der Waals surface area (Å²) in [5.41, 5.74) is 0.960. The van der Waals surface area contributed by atoms with Crippen molar-refractivity contribution in [2.24, 2.45) is 0 Å². The van der Waals surface area contributed by atoms with Crippen LogP contribution in [0.3, 0.4) is 0 Å². The molecule has 4 heterocycles. The van der Waals surface area contributed by atoms with E-state index in [0.29, 0.717) is 19.6 Å². The quantitative estimate of drug-likeness (QED) is 0.373. The lowest BCUT2D eigenvalue weighted by atomic mass is 10.3. The molecule has 196 valence electrons. The second-order valence-corrected chi connectivity index (χ2v) is 8.99. The first-order valence-corrected chi connectivity index (χ1v) is 11.1. The van der Waals surface area contributed by atoms with Gasteiger partial charge in [-0.2, -0.15) is 0 Å². The van der Waals surface area contributed by atoms with Crippen LogP contribution in [0, 0.1) is 0 Å². The zero-order valence-electron chi connectivity index (χ0n) is 16.9. The Bertz CT molecular complexity index is 823. The second-order valence-electron chi connectivity index (χ2n) is 7.15. The van der Waals surface area contributed by atoms with Gasteiger partial charge in [0.2, 0.25) is 0 Å². The van der Waals surface area contributed by atoms with Crippen LogP contribution in [0.5, 0.6) is 5.75 Å². The average Bonchev–Trinajstić information content (AvgIpc) is 3.26. The molecule has 2 aromatic rings. The summed E-state index contributed by atoms with van der Waals surface area (Å²) < 4.78 is 56.3. The zero-order chi connectivity index (χ0) is 22.9. The molecule has 0 radical (unpaired) electrons. The number of hydrogen-bond acceptors (Lipinski definition) is 5. The van der Waals surface area contributed by atoms with E-state index in [9.17, 15) is 17.6 Å². The fraction of sp³-hybridized carbons (Fsp3) is 0.565. The van der Waals surface area contributed by atoms with Crippen molar-refractivity contribution in [2.75, 3.05) is 33.3 Å². The molecule has 1 N–H and O–H groups in total. The minimum Gasteiger partial charge on any atom is -0.495 e. The lowest BCUT2D eigenvalue weighted by molar-refractivity contribution is 0.0114. The topological polar surface area (TPSA) is 50.3 Å². The fourth-order valence-corrected chi connectivity index (χ4v) is 3.63. The molecule has 0 amide bonds. The van der Waals surface area contributed by atoms with E-state index >= 15 is 0 Å². The molecule has 0 aliphatic carbocycles. The molecule has 0 spiro atoms. The summed E-state index contributed by atoms with van der Waals surface area (Å²) in [6, 6.07) is 3.76. The van der Waals surface area contributed by atoms with Gasteiger partial charge in [-0.1, -0.05) is 22.3 Å². The summed E-state index contributed by atoms with van der Waals surface area (Å²) in [7, 11) is 1.61. The number of aromatic nitrogens is 2. The molecule has 0 aromatic carbocycles. The Morgan fingerprint density at radius 1 is 0.941 bits per heavy atom. The molecule has 34 heavy (non-hydrogen) atoms. The highest BCUT2D eigenvalue weighted by Crippen LogP contribution is 2.28. The number of nitrogens with one attached hydrogen (secondary N) is 1. The lowest BCUT2D eigenvalue weighted by Crippen LogP contribution is -2.24. The number of nitrogens with zero attached hydrogens (tertiary/aromatic N) is 3. The molecular weight excluding hydrogens is 584 g/mol. The van der Waals surface area contributed by atoms with Gasteiger partial charge in [0.25, 0.3) is 11.8 Å². The number of methoxy groups -OCH3 is 1. The minimum absolute atomic E-state index is 0. The van der Waals surface area contributed by atoms with Crippen LogP contribution in [0.2, 0.25) is 0 Å². The highest BCUT2D eigenvalue weighted by molar-refractivity contribution is 9.10. The molecule has 4 rings (SSSR count). The first-order valence-electron chi connectivity index (χ1n) is 9.51. The maximum absolute atomic E-state index is 12.9. The molecule has 2 saturated heterocycles. The van der Waals surface area contributed by atoms with E-state index in [1.54, 1.807) is 36.8 Å². The maximum Gasteiger partial charge on any atom is 0.261 e. The first-order chi connectivity index (χ1) is 14.6. The Hall–Kier alpha value is -1.30. The first kappa shape index (κ1) is 34.9. The highest BCUT2D eigenvalue weighted by atomic mass is 79.9. The van der Waals surface area contributed by atoms with Gasteiger partial charge in [-0.3, -0.25) is 14.9 Å². The number of ether oxygens (including phenoxy) is 1. The Labute approximate surface area is 218 Å². The van der Waals surface area contributed by atoms with Crippen LogP contribution >= 0.6 is 31.9 Å². The van der Waals surface area contributed by atoms with Crippen molar-refractivity contribution in [3.8, 4) is 5.75 Å². The van der Waals surface area contributed by atoms with Crippen molar-refractivity contribution in [2.45, 2.75) is 53.5 Å². The number of pyridine rings is 2. The molecule has 0 saturated carbocycles. The second kappa shape index (κ2) is 16.4. The van der Waals surface area contributed by atoms with E-state index in [1.807, 2.05) is 12.1 Å². The van der Waals surface area contributed by atoms with Crippen molar-refractivity contribution in [3.05, 3.63) is 51.4 Å². The van der Waals surface area contributed by atoms with Gasteiger partial charge >= 0.3 is 0 Å². The number of rotatable bonds is 3. The molecule has 2 fully saturated rings. The molecule has 2 aliphatic heterocycles. The van der Waals surface area contributed by atoms with Gasteiger partial charge in [-0.05, 0) is 49.6 Å². The third-order valence-corrected chi connectivity index (χ3v) is 5.25. The number of hydrogen-bond donors (Lipinski definition) is 1. The number of likely N-dealkylation sites (tertiary alicyclic amines) is 1. The summed E-state index contributed by atoms with van der Waals surface area (Å²) in [5.74, 6) is -4.16. The van der Waals surface area contributed by atoms with E-state index in [4.69, 9.17) is 4.74 Å². The van der Waals surface area contributed by atoms with Gasteiger partial charge in [0.15, 0.2) is 0 Å². The summed E-state index contributed by atoms with van der Waals surface area (Å²) in [6.45, 7) is 1.20. The Balaban J connectivity index is 0. The predicted molar refractivity (Wildman–Crippen MR) is 138 cm³/mol. The number of halogens is 6. The van der Waals surface area contributed by atoms with Crippen LogP contribution in [-0.4, -0.2) is 60.0 Å². The third-order valence-electron chi connectivity index (χ3n) is 4.38. The average molecular weight is 620 g/mol. The minimum atomic E-state index is -2.51. The summed E-state index contributed by atoms with van der Waals surface area (Å²) in [4.78, 5) is 9.64. The smallest absolute Gasteiger partial charge is 0.261 e. The van der Waals surface area contributed by atoms with Crippen LogP contribution < -0.4 is 10.1 Å². The van der Waals surface area contributed by atoms with Crippen LogP contribution in [-0.2, 0) is 6.54 Å². The summed E-state index contributed by atoms with van der Waals surface area (Å²) >= 11 is 6.57. The standard InChI is InChI=1S/C10H11BrF2N2.C6H6BrNO.C4H7F2N.3CH4/c11-9-3-8(4-14-5-9)6-15-2-1-10(12,13)7-15;1-9-6-2-5(7)3-8-4-6;5-4(6)1-2-7-3-4;;;/h3-5H,1-2,6-7H2;2-4H,1H3;7H,1-3H2;3*1H4. The third kappa shape index (κ3) is 13.6. The molecule has 11 heteroatoms. The molecule has 0 atom stereocenters. The molecular formula is C23H36Br2F4N4O. The lowest BCUT2D eigenvalue weighted by Gasteiger charge is -2.15. The van der Waals surface area contributed by atoms with Crippen LogP contribution in [0.25, 0.3) is 0 Å². The van der Waals surface area contributed by atoms with Crippen LogP contribution in [0.15, 0.2) is 45.9 Å². The predicted octanol–water partition coefficient (Wildman–Crippen LogP) is 7.06. The molecule has 2 aromatic heterocycles. The normalized spacial score (nSPS) is 17.4. The zero-order valence-corrected chi connectivity index (χ0v) is 20.1. The van der Waals surface area contributed by atoms with Crippen molar-refractivity contribution in [1.29, 1.82) is 0 Å². The van der Waals surface area contributed by atoms with Crippen molar-refractivity contribution >= 4 is 31.9 Å². The van der Waals surface area contributed by atoms with Crippen molar-refractivity contribution in [3.63, 3.8) is 0 Å². The summed E-state index contributed by atoms with van der Waals surface area (Å²) in [5, 5.41) is 2.56. The van der Waals surface area contributed by atoms with E-state index < -0.39 is 11.8 Å². The largest absolute Gasteiger partial charge is 0.495 e. The fourth-order valence-electron chi connectivity index (χ4n) is 2.88. The highest BCUT2D eigenvalue weighted by Gasteiger charge is 2.37. The number of alkyl halides is 4. The van der Waals surface area contributed by atoms with E-state index in [-0.39, 0.29) is 48.2 Å². The van der Waals surface area contributed by atoms with Gasteiger partial charge in [0.05, 0.1) is 26.4 Å². The van der Waals surface area contributed by atoms with E-state index in [2.05, 4.69) is 47.1 Å². The van der Waals surface area contributed by atoms with Crippen LogP contribution in [0.1, 0.15) is 40.7 Å². The summed E-state index contributed by atoms with van der Waals surface area (Å²) in [6.07, 6.45) is 6.73. The molecule has 5 nitrogen and oxygen atoms in total. The van der Waals surface area contributed by atoms with E-state index in [0.717, 1.165) is 20.3 Å². The Kier molecular flexibility index (Phi) is 16.8. The van der Waals surface area contributed by atoms with Crippen molar-refractivity contribution < 1.29 is 22.3 Å². The molecule has 0 bridgehead atoms. The van der Waals surface area contributed by atoms with Gasteiger partial charge in [-0.25, -0.2) is 17.6 Å². The van der Waals surface area contributed by atoms with Crippen LogP contribution in [0.4, 0.5) is 17.6 Å². The van der Waals surface area contributed by atoms with Crippen molar-refractivity contribution in [1.82, 2.24) is 20.2 Å². The Morgan fingerprint density at radius 3 is 1.94 bits per heavy atom. The Morgan fingerprint density at radius 2 is 1.56 bits per heavy atom. The molecule has 0 unspecified atom stereocenters. The maximum atomic E-state index is 12.9. The monoisotopic (exact) mass is 618 g/mol. The molecule has 2 aliphatic rings. The van der Waals surface area contributed by atoms with Gasteiger partial charge < -0.3 is 10.1 Å².